The van der Waals surface area contributed by atoms with Gasteiger partial charge < -0.3 is 11.1 Å². The SMILES string of the molecule is NC1CC2CCCC(C1)N2CCNC(=O)C1CC1. The molecule has 0 aromatic carbocycles. The van der Waals surface area contributed by atoms with Crippen LogP contribution in [0.3, 0.4) is 0 Å². The number of piperidine rings is 2. The molecule has 3 rings (SSSR count). The lowest BCUT2D eigenvalue weighted by Crippen LogP contribution is -2.56. The van der Waals surface area contributed by atoms with Crippen LogP contribution in [0.25, 0.3) is 0 Å². The van der Waals surface area contributed by atoms with Crippen LogP contribution < -0.4 is 11.1 Å². The Kier molecular flexibility index (Phi) is 3.57. The summed E-state index contributed by atoms with van der Waals surface area (Å²) in [6.45, 7) is 1.83. The van der Waals surface area contributed by atoms with Crippen LogP contribution >= 0.6 is 0 Å². The van der Waals surface area contributed by atoms with Crippen molar-refractivity contribution in [3.63, 3.8) is 0 Å². The Labute approximate surface area is 109 Å². The standard InChI is InChI=1S/C14H25N3O/c15-11-8-12-2-1-3-13(9-11)17(12)7-6-16-14(18)10-4-5-10/h10-13H,1-9,15H2,(H,16,18). The van der Waals surface area contributed by atoms with Gasteiger partial charge in [-0.1, -0.05) is 6.42 Å². The number of carbonyl (C=O) groups is 1. The van der Waals surface area contributed by atoms with Crippen molar-refractivity contribution in [3.8, 4) is 0 Å². The van der Waals surface area contributed by atoms with E-state index in [9.17, 15) is 4.79 Å². The molecule has 1 saturated carbocycles. The topological polar surface area (TPSA) is 58.4 Å². The first kappa shape index (κ1) is 12.4. The maximum Gasteiger partial charge on any atom is 0.223 e. The summed E-state index contributed by atoms with van der Waals surface area (Å²) in [5, 5.41) is 3.08. The molecule has 2 heterocycles. The minimum Gasteiger partial charge on any atom is -0.355 e. The molecule has 3 aliphatic rings. The van der Waals surface area contributed by atoms with E-state index in [2.05, 4.69) is 10.2 Å². The Morgan fingerprint density at radius 3 is 2.44 bits per heavy atom. The fourth-order valence-corrected chi connectivity index (χ4v) is 3.68. The molecule has 0 spiro atoms. The van der Waals surface area contributed by atoms with Crippen LogP contribution in [0.4, 0.5) is 0 Å². The van der Waals surface area contributed by atoms with Gasteiger partial charge in [0.1, 0.15) is 0 Å². The third kappa shape index (κ3) is 2.69. The first-order valence-electron chi connectivity index (χ1n) is 7.53. The van der Waals surface area contributed by atoms with Crippen molar-refractivity contribution in [2.75, 3.05) is 13.1 Å². The normalized spacial score (nSPS) is 36.4. The van der Waals surface area contributed by atoms with Gasteiger partial charge in [0.25, 0.3) is 0 Å². The number of nitrogens with zero attached hydrogens (tertiary/aromatic N) is 1. The molecule has 2 aliphatic heterocycles. The monoisotopic (exact) mass is 251 g/mol. The molecule has 0 aromatic heterocycles. The number of fused-ring (bicyclic) bond motifs is 2. The molecule has 102 valence electrons. The van der Waals surface area contributed by atoms with Gasteiger partial charge in [-0.3, -0.25) is 9.69 Å². The van der Waals surface area contributed by atoms with Crippen LogP contribution in [0.2, 0.25) is 0 Å². The van der Waals surface area contributed by atoms with Crippen LogP contribution in [0, 0.1) is 5.92 Å². The molecule has 2 unspecified atom stereocenters. The highest BCUT2D eigenvalue weighted by Crippen LogP contribution is 2.33. The second-order valence-electron chi connectivity index (χ2n) is 6.27. The number of amides is 1. The Morgan fingerprint density at radius 2 is 1.83 bits per heavy atom. The highest BCUT2D eigenvalue weighted by molar-refractivity contribution is 5.80. The third-order valence-corrected chi connectivity index (χ3v) is 4.78. The van der Waals surface area contributed by atoms with Gasteiger partial charge in [0.05, 0.1) is 0 Å². The number of rotatable bonds is 4. The van der Waals surface area contributed by atoms with Crippen LogP contribution in [0.5, 0.6) is 0 Å². The highest BCUT2D eigenvalue weighted by atomic mass is 16.2. The van der Waals surface area contributed by atoms with Gasteiger partial charge >= 0.3 is 0 Å². The molecule has 4 heteroatoms. The lowest BCUT2D eigenvalue weighted by atomic mass is 9.82. The summed E-state index contributed by atoms with van der Waals surface area (Å²) >= 11 is 0. The Bertz CT molecular complexity index is 302. The van der Waals surface area contributed by atoms with E-state index in [-0.39, 0.29) is 5.91 Å². The smallest absolute Gasteiger partial charge is 0.223 e. The second kappa shape index (κ2) is 5.17. The lowest BCUT2D eigenvalue weighted by molar-refractivity contribution is -0.122. The van der Waals surface area contributed by atoms with Crippen molar-refractivity contribution in [2.45, 2.75) is 63.1 Å². The molecule has 18 heavy (non-hydrogen) atoms. The van der Waals surface area contributed by atoms with Gasteiger partial charge in [0, 0.05) is 37.1 Å². The van der Waals surface area contributed by atoms with Gasteiger partial charge in [-0.15, -0.1) is 0 Å². The molecule has 2 bridgehead atoms. The molecule has 1 aliphatic carbocycles. The predicted molar refractivity (Wildman–Crippen MR) is 71.1 cm³/mol. The van der Waals surface area contributed by atoms with Crippen molar-refractivity contribution >= 4 is 5.91 Å². The summed E-state index contributed by atoms with van der Waals surface area (Å²) in [5.74, 6) is 0.605. The third-order valence-electron chi connectivity index (χ3n) is 4.78. The van der Waals surface area contributed by atoms with E-state index in [1.807, 2.05) is 0 Å². The molecule has 2 saturated heterocycles. The summed E-state index contributed by atoms with van der Waals surface area (Å²) < 4.78 is 0. The predicted octanol–water partition coefficient (Wildman–Crippen LogP) is 0.857. The molecular weight excluding hydrogens is 226 g/mol. The molecule has 2 atom stereocenters. The molecule has 3 N–H and O–H groups in total. The first-order valence-corrected chi connectivity index (χ1v) is 7.53. The van der Waals surface area contributed by atoms with Gasteiger partial charge in [0.15, 0.2) is 0 Å². The Morgan fingerprint density at radius 1 is 1.17 bits per heavy atom. The van der Waals surface area contributed by atoms with Crippen molar-refractivity contribution in [2.24, 2.45) is 11.7 Å². The maximum absolute atomic E-state index is 11.6. The quantitative estimate of drug-likeness (QED) is 0.779. The van der Waals surface area contributed by atoms with Crippen molar-refractivity contribution in [1.29, 1.82) is 0 Å². The highest BCUT2D eigenvalue weighted by Gasteiger charge is 2.36. The molecule has 4 nitrogen and oxygen atoms in total. The van der Waals surface area contributed by atoms with Gasteiger partial charge in [-0.05, 0) is 38.5 Å². The van der Waals surface area contributed by atoms with E-state index in [1.165, 1.54) is 19.3 Å². The summed E-state index contributed by atoms with van der Waals surface area (Å²) in [4.78, 5) is 14.2. The zero-order chi connectivity index (χ0) is 12.5. The molecule has 3 fully saturated rings. The van der Waals surface area contributed by atoms with Crippen molar-refractivity contribution < 1.29 is 4.79 Å². The van der Waals surface area contributed by atoms with Crippen LogP contribution in [-0.4, -0.2) is 42.0 Å². The molecular formula is C14H25N3O. The van der Waals surface area contributed by atoms with Gasteiger partial charge in [-0.2, -0.15) is 0 Å². The van der Waals surface area contributed by atoms with Crippen molar-refractivity contribution in [1.82, 2.24) is 10.2 Å². The summed E-state index contributed by atoms with van der Waals surface area (Å²) in [5.41, 5.74) is 6.12. The molecule has 0 aromatic rings. The maximum atomic E-state index is 11.6. The summed E-state index contributed by atoms with van der Waals surface area (Å²) in [7, 11) is 0. The van der Waals surface area contributed by atoms with Gasteiger partial charge in [-0.25, -0.2) is 0 Å². The van der Waals surface area contributed by atoms with E-state index in [0.717, 1.165) is 38.8 Å². The minimum absolute atomic E-state index is 0.272. The van der Waals surface area contributed by atoms with Crippen LogP contribution in [-0.2, 0) is 4.79 Å². The van der Waals surface area contributed by atoms with E-state index in [1.54, 1.807) is 0 Å². The second-order valence-corrected chi connectivity index (χ2v) is 6.27. The fourth-order valence-electron chi connectivity index (χ4n) is 3.68. The molecule has 0 radical (unpaired) electrons. The Balaban J connectivity index is 1.47. The number of nitrogens with two attached hydrogens (primary N) is 1. The lowest BCUT2D eigenvalue weighted by Gasteiger charge is -2.48. The van der Waals surface area contributed by atoms with Gasteiger partial charge in [0.2, 0.25) is 5.91 Å². The van der Waals surface area contributed by atoms with E-state index < -0.39 is 0 Å². The summed E-state index contributed by atoms with van der Waals surface area (Å²) in [6, 6.07) is 1.74. The average molecular weight is 251 g/mol. The van der Waals surface area contributed by atoms with E-state index in [0.29, 0.717) is 24.0 Å². The van der Waals surface area contributed by atoms with E-state index >= 15 is 0 Å². The largest absolute Gasteiger partial charge is 0.355 e. The number of hydrogen-bond acceptors (Lipinski definition) is 3. The molecule has 1 amide bonds. The Hall–Kier alpha value is -0.610. The average Bonchev–Trinajstić information content (AvgIpc) is 3.13. The fraction of sp³-hybridized carbons (Fsp3) is 0.929. The number of carbonyl (C=O) groups excluding carboxylic acids is 1. The van der Waals surface area contributed by atoms with Crippen LogP contribution in [0.15, 0.2) is 0 Å². The number of nitrogens with one attached hydrogen (secondary N) is 1. The minimum atomic E-state index is 0.272. The summed E-state index contributed by atoms with van der Waals surface area (Å²) in [6.07, 6.45) is 8.42. The number of hydrogen-bond donors (Lipinski definition) is 2. The first-order chi connectivity index (χ1) is 8.74. The van der Waals surface area contributed by atoms with Crippen LogP contribution in [0.1, 0.15) is 44.9 Å². The zero-order valence-corrected chi connectivity index (χ0v) is 11.1. The van der Waals surface area contributed by atoms with Crippen molar-refractivity contribution in [3.05, 3.63) is 0 Å². The zero-order valence-electron chi connectivity index (χ0n) is 11.1. The van der Waals surface area contributed by atoms with E-state index in [4.69, 9.17) is 5.73 Å².